The molecule has 1 aliphatic heterocycles. The Hall–Kier alpha value is -4.30. The minimum Gasteiger partial charge on any atom is -0.483 e. The van der Waals surface area contributed by atoms with Gasteiger partial charge in [0.25, 0.3) is 0 Å². The van der Waals surface area contributed by atoms with Crippen molar-refractivity contribution in [1.29, 1.82) is 0 Å². The molecule has 1 aliphatic rings. The second-order valence-electron chi connectivity index (χ2n) is 8.67. The number of urea groups is 1. The first-order valence-electron chi connectivity index (χ1n) is 11.6. The lowest BCUT2D eigenvalue weighted by Gasteiger charge is -2.36. The molecule has 3 heterocycles. The average Bonchev–Trinajstić information content (AvgIpc) is 2.87. The number of nitrogens with two attached hydrogens (primary N) is 1. The molecule has 39 heavy (non-hydrogen) atoms. The molecule has 0 bridgehead atoms. The fourth-order valence-corrected chi connectivity index (χ4v) is 3.87. The lowest BCUT2D eigenvalue weighted by Crippen LogP contribution is -2.50. The number of halogens is 6. The quantitative estimate of drug-likeness (QED) is 0.438. The molecule has 3 N–H and O–H groups in total. The van der Waals surface area contributed by atoms with Crippen LogP contribution in [0.25, 0.3) is 0 Å². The van der Waals surface area contributed by atoms with Gasteiger partial charge in [-0.05, 0) is 43.3 Å². The zero-order chi connectivity index (χ0) is 28.4. The lowest BCUT2D eigenvalue weighted by atomic mass is 10.1. The maximum Gasteiger partial charge on any atom is 0.416 e. The van der Waals surface area contributed by atoms with Crippen LogP contribution >= 0.6 is 0 Å². The number of amides is 2. The van der Waals surface area contributed by atoms with Crippen molar-refractivity contribution in [2.45, 2.75) is 25.9 Å². The molecule has 0 spiro atoms. The van der Waals surface area contributed by atoms with Crippen molar-refractivity contribution in [1.82, 2.24) is 19.9 Å². The molecular formula is C24H23F6N7O2. The predicted molar refractivity (Wildman–Crippen MR) is 129 cm³/mol. The molecule has 4 rings (SSSR count). The van der Waals surface area contributed by atoms with E-state index in [0.29, 0.717) is 35.1 Å². The third-order valence-electron chi connectivity index (χ3n) is 5.79. The number of nitrogens with one attached hydrogen (secondary N) is 1. The molecule has 2 amide bonds. The van der Waals surface area contributed by atoms with Gasteiger partial charge in [-0.25, -0.2) is 19.7 Å². The molecule has 1 saturated heterocycles. The predicted octanol–water partition coefficient (Wildman–Crippen LogP) is 4.73. The topological polar surface area (TPSA) is 109 Å². The van der Waals surface area contributed by atoms with E-state index in [1.54, 1.807) is 25.1 Å². The van der Waals surface area contributed by atoms with Crippen molar-refractivity contribution >= 4 is 23.5 Å². The van der Waals surface area contributed by atoms with Crippen LogP contribution in [0.5, 0.6) is 5.75 Å². The van der Waals surface area contributed by atoms with Crippen LogP contribution in [0.4, 0.5) is 48.6 Å². The largest absolute Gasteiger partial charge is 0.483 e. The summed E-state index contributed by atoms with van der Waals surface area (Å²) < 4.78 is 84.7. The van der Waals surface area contributed by atoms with Gasteiger partial charge in [-0.3, -0.25) is 0 Å². The molecule has 1 aromatic carbocycles. The number of carbonyl (C=O) groups is 1. The molecule has 1 fully saturated rings. The number of hydrogen-bond acceptors (Lipinski definition) is 7. The molecule has 0 atom stereocenters. The molecule has 208 valence electrons. The van der Waals surface area contributed by atoms with Gasteiger partial charge in [0.05, 0.1) is 16.8 Å². The van der Waals surface area contributed by atoms with Crippen molar-refractivity contribution in [3.8, 4) is 5.75 Å². The minimum absolute atomic E-state index is 0.00260. The van der Waals surface area contributed by atoms with Crippen LogP contribution in [0, 0.1) is 6.92 Å². The van der Waals surface area contributed by atoms with Gasteiger partial charge >= 0.3 is 18.4 Å². The van der Waals surface area contributed by atoms with Crippen molar-refractivity contribution in [3.05, 3.63) is 65.1 Å². The number of aromatic nitrogens is 3. The number of nitrogen functional groups attached to an aromatic ring is 1. The zero-order valence-corrected chi connectivity index (χ0v) is 20.5. The van der Waals surface area contributed by atoms with Crippen LogP contribution in [0.15, 0.2) is 42.6 Å². The Balaban J connectivity index is 1.43. The SMILES string of the molecule is Cc1ccc(OCc2ccnc(N)n2)c(N2CCN(C(=O)Nc3cc(C(F)(F)F)cc(C(F)(F)F)c3)CC2)n1. The van der Waals surface area contributed by atoms with Crippen LogP contribution in [0.1, 0.15) is 22.5 Å². The first-order chi connectivity index (χ1) is 18.3. The monoisotopic (exact) mass is 555 g/mol. The van der Waals surface area contributed by atoms with Gasteiger partial charge in [0.2, 0.25) is 5.95 Å². The van der Waals surface area contributed by atoms with E-state index in [2.05, 4.69) is 20.3 Å². The van der Waals surface area contributed by atoms with E-state index in [4.69, 9.17) is 10.5 Å². The number of anilines is 3. The van der Waals surface area contributed by atoms with Crippen molar-refractivity contribution < 1.29 is 35.9 Å². The maximum atomic E-state index is 13.1. The number of pyridine rings is 1. The van der Waals surface area contributed by atoms with Crippen LogP contribution < -0.4 is 20.7 Å². The molecule has 3 aromatic rings. The standard InChI is InChI=1S/C24H23F6N7O2/c1-14-2-3-19(39-13-17-4-5-32-21(31)34-17)20(33-14)36-6-8-37(9-7-36)22(38)35-18-11-15(23(25,26)27)10-16(12-18)24(28,29)30/h2-5,10-12H,6-9,13H2,1H3,(H,35,38)(H2,31,32,34). The zero-order valence-electron chi connectivity index (χ0n) is 20.5. The summed E-state index contributed by atoms with van der Waals surface area (Å²) in [7, 11) is 0. The minimum atomic E-state index is -5.02. The molecular weight excluding hydrogens is 532 g/mol. The van der Waals surface area contributed by atoms with Crippen molar-refractivity contribution in [2.75, 3.05) is 42.1 Å². The van der Waals surface area contributed by atoms with E-state index in [9.17, 15) is 31.1 Å². The van der Waals surface area contributed by atoms with Crippen molar-refractivity contribution in [2.24, 2.45) is 0 Å². The molecule has 0 unspecified atom stereocenters. The molecule has 9 nitrogen and oxygen atoms in total. The highest BCUT2D eigenvalue weighted by atomic mass is 19.4. The van der Waals surface area contributed by atoms with E-state index < -0.39 is 35.2 Å². The summed E-state index contributed by atoms with van der Waals surface area (Å²) in [6.07, 6.45) is -8.54. The number of carbonyl (C=O) groups excluding carboxylic acids is 1. The van der Waals surface area contributed by atoms with Gasteiger partial charge in [0.1, 0.15) is 6.61 Å². The molecule has 2 aromatic heterocycles. The highest BCUT2D eigenvalue weighted by Gasteiger charge is 2.37. The number of nitrogens with zero attached hydrogens (tertiary/aromatic N) is 5. The van der Waals surface area contributed by atoms with Gasteiger partial charge in [-0.1, -0.05) is 0 Å². The molecule has 0 saturated carbocycles. The number of hydrogen-bond donors (Lipinski definition) is 2. The van der Waals surface area contributed by atoms with Crippen LogP contribution in [-0.4, -0.2) is 52.1 Å². The fraction of sp³-hybridized carbons (Fsp3) is 0.333. The third kappa shape index (κ3) is 6.97. The summed E-state index contributed by atoms with van der Waals surface area (Å²) in [6.45, 7) is 2.74. The summed E-state index contributed by atoms with van der Waals surface area (Å²) in [5.74, 6) is 1.08. The molecule has 15 heteroatoms. The second kappa shape index (κ2) is 10.8. The van der Waals surface area contributed by atoms with E-state index in [1.165, 1.54) is 11.1 Å². The number of alkyl halides is 6. The maximum absolute atomic E-state index is 13.1. The first-order valence-corrected chi connectivity index (χ1v) is 11.6. The Kier molecular flexibility index (Phi) is 7.70. The van der Waals surface area contributed by atoms with Crippen LogP contribution in [-0.2, 0) is 19.0 Å². The summed E-state index contributed by atoms with van der Waals surface area (Å²) in [6, 6.07) is 5.27. The summed E-state index contributed by atoms with van der Waals surface area (Å²) in [5, 5.41) is 2.16. The Bertz CT molecular complexity index is 1310. The van der Waals surface area contributed by atoms with Gasteiger partial charge in [0, 0.05) is 43.8 Å². The van der Waals surface area contributed by atoms with Gasteiger partial charge in [-0.15, -0.1) is 0 Å². The van der Waals surface area contributed by atoms with E-state index in [1.807, 2.05) is 4.90 Å². The summed E-state index contributed by atoms with van der Waals surface area (Å²) in [4.78, 5) is 28.3. The highest BCUT2D eigenvalue weighted by Crippen LogP contribution is 2.37. The number of rotatable bonds is 5. The molecule has 0 radical (unpaired) electrons. The van der Waals surface area contributed by atoms with Crippen LogP contribution in [0.2, 0.25) is 0 Å². The number of aryl methyl sites for hydroxylation is 1. The van der Waals surface area contributed by atoms with E-state index >= 15 is 0 Å². The third-order valence-corrected chi connectivity index (χ3v) is 5.79. The van der Waals surface area contributed by atoms with E-state index in [0.717, 1.165) is 0 Å². The summed E-state index contributed by atoms with van der Waals surface area (Å²) >= 11 is 0. The highest BCUT2D eigenvalue weighted by molar-refractivity contribution is 5.89. The number of ether oxygens (including phenoxy) is 1. The lowest BCUT2D eigenvalue weighted by molar-refractivity contribution is -0.143. The van der Waals surface area contributed by atoms with Gasteiger partial charge in [0.15, 0.2) is 11.6 Å². The fourth-order valence-electron chi connectivity index (χ4n) is 3.87. The van der Waals surface area contributed by atoms with Crippen LogP contribution in [0.3, 0.4) is 0 Å². The van der Waals surface area contributed by atoms with E-state index in [-0.39, 0.29) is 44.8 Å². The Morgan fingerprint density at radius 3 is 2.21 bits per heavy atom. The smallest absolute Gasteiger partial charge is 0.416 e. The van der Waals surface area contributed by atoms with Crippen molar-refractivity contribution in [3.63, 3.8) is 0 Å². The Morgan fingerprint density at radius 1 is 0.974 bits per heavy atom. The Morgan fingerprint density at radius 2 is 1.62 bits per heavy atom. The summed E-state index contributed by atoms with van der Waals surface area (Å²) in [5.41, 5.74) is 3.24. The Labute approximate surface area is 218 Å². The van der Waals surface area contributed by atoms with Gasteiger partial charge in [-0.2, -0.15) is 26.3 Å². The average molecular weight is 555 g/mol. The molecule has 0 aliphatic carbocycles. The van der Waals surface area contributed by atoms with Gasteiger partial charge < -0.3 is 25.6 Å². The second-order valence-corrected chi connectivity index (χ2v) is 8.67. The normalized spacial score (nSPS) is 14.3. The number of benzene rings is 1. The first kappa shape index (κ1) is 27.7. The number of piperazine rings is 1.